The van der Waals surface area contributed by atoms with Crippen molar-refractivity contribution in [3.8, 4) is 23.0 Å². The summed E-state index contributed by atoms with van der Waals surface area (Å²) in [6.07, 6.45) is 0. The molecule has 1 amide bonds. The van der Waals surface area contributed by atoms with Crippen LogP contribution >= 0.6 is 0 Å². The van der Waals surface area contributed by atoms with Gasteiger partial charge in [-0.1, -0.05) is 17.7 Å². The summed E-state index contributed by atoms with van der Waals surface area (Å²) >= 11 is 0. The van der Waals surface area contributed by atoms with Crippen molar-refractivity contribution in [3.63, 3.8) is 0 Å². The van der Waals surface area contributed by atoms with Crippen molar-refractivity contribution in [2.75, 3.05) is 18.5 Å². The number of hydrogen-bond donors (Lipinski definition) is 1. The van der Waals surface area contributed by atoms with Gasteiger partial charge in [0, 0.05) is 11.3 Å². The van der Waals surface area contributed by atoms with E-state index in [1.807, 2.05) is 43.3 Å². The predicted molar refractivity (Wildman–Crippen MR) is 103 cm³/mol. The van der Waals surface area contributed by atoms with Crippen LogP contribution < -0.4 is 19.5 Å². The van der Waals surface area contributed by atoms with Gasteiger partial charge in [-0.05, 0) is 61.5 Å². The van der Waals surface area contributed by atoms with Gasteiger partial charge in [0.1, 0.15) is 24.7 Å². The van der Waals surface area contributed by atoms with E-state index < -0.39 is 0 Å². The largest absolute Gasteiger partial charge is 0.486 e. The second-order valence-electron chi connectivity index (χ2n) is 6.25. The molecular weight excluding hydrogens is 342 g/mol. The Balaban J connectivity index is 1.42. The van der Waals surface area contributed by atoms with Crippen LogP contribution in [0.5, 0.6) is 23.0 Å². The zero-order chi connectivity index (χ0) is 18.6. The SMILES string of the molecule is Cc1ccc(Oc2ccc(NC(=O)c3ccc4c(c3)OCCO4)cc2)cc1. The van der Waals surface area contributed by atoms with Crippen LogP contribution in [0.3, 0.4) is 0 Å². The van der Waals surface area contributed by atoms with E-state index in [2.05, 4.69) is 5.32 Å². The topological polar surface area (TPSA) is 56.8 Å². The van der Waals surface area contributed by atoms with Gasteiger partial charge in [-0.3, -0.25) is 4.79 Å². The van der Waals surface area contributed by atoms with Crippen LogP contribution in [-0.4, -0.2) is 19.1 Å². The Labute approximate surface area is 157 Å². The molecule has 27 heavy (non-hydrogen) atoms. The molecule has 0 spiro atoms. The number of amides is 1. The summed E-state index contributed by atoms with van der Waals surface area (Å²) in [5.41, 5.74) is 2.38. The first kappa shape index (κ1) is 17.0. The van der Waals surface area contributed by atoms with Crippen LogP contribution in [0.1, 0.15) is 15.9 Å². The van der Waals surface area contributed by atoms with Crippen molar-refractivity contribution in [1.82, 2.24) is 0 Å². The maximum Gasteiger partial charge on any atom is 0.255 e. The Bertz CT molecular complexity index is 949. The lowest BCUT2D eigenvalue weighted by Gasteiger charge is -2.18. The Kier molecular flexibility index (Phi) is 4.66. The Morgan fingerprint density at radius 3 is 2.19 bits per heavy atom. The monoisotopic (exact) mass is 361 g/mol. The molecule has 1 aliphatic rings. The molecule has 0 saturated heterocycles. The molecule has 0 unspecified atom stereocenters. The van der Waals surface area contributed by atoms with E-state index in [1.165, 1.54) is 5.56 Å². The van der Waals surface area contributed by atoms with Crippen molar-refractivity contribution in [2.24, 2.45) is 0 Å². The molecule has 0 aromatic heterocycles. The van der Waals surface area contributed by atoms with E-state index in [-0.39, 0.29) is 5.91 Å². The molecule has 1 heterocycles. The number of carbonyl (C=O) groups excluding carboxylic acids is 1. The standard InChI is InChI=1S/C22H19NO4/c1-15-2-7-18(8-3-15)27-19-9-5-17(6-10-19)23-22(24)16-4-11-20-21(14-16)26-13-12-25-20/h2-11,14H,12-13H2,1H3,(H,23,24). The molecule has 5 heteroatoms. The van der Waals surface area contributed by atoms with Gasteiger partial charge in [0.2, 0.25) is 0 Å². The summed E-state index contributed by atoms with van der Waals surface area (Å²) in [5.74, 6) is 2.52. The van der Waals surface area contributed by atoms with Gasteiger partial charge in [-0.2, -0.15) is 0 Å². The Hall–Kier alpha value is -3.47. The number of anilines is 1. The fourth-order valence-corrected chi connectivity index (χ4v) is 2.74. The molecule has 1 aliphatic heterocycles. The molecule has 0 fully saturated rings. The molecule has 3 aromatic carbocycles. The molecule has 3 aromatic rings. The maximum absolute atomic E-state index is 12.5. The molecule has 4 rings (SSSR count). The van der Waals surface area contributed by atoms with Gasteiger partial charge < -0.3 is 19.5 Å². The first-order valence-electron chi connectivity index (χ1n) is 8.73. The number of hydrogen-bond acceptors (Lipinski definition) is 4. The summed E-state index contributed by atoms with van der Waals surface area (Å²) < 4.78 is 16.8. The second kappa shape index (κ2) is 7.41. The Morgan fingerprint density at radius 1 is 0.852 bits per heavy atom. The highest BCUT2D eigenvalue weighted by atomic mass is 16.6. The summed E-state index contributed by atoms with van der Waals surface area (Å²) in [4.78, 5) is 12.5. The minimum absolute atomic E-state index is 0.209. The number of ether oxygens (including phenoxy) is 3. The average molecular weight is 361 g/mol. The summed E-state index contributed by atoms with van der Waals surface area (Å²) in [6.45, 7) is 3.04. The molecule has 0 atom stereocenters. The van der Waals surface area contributed by atoms with Crippen LogP contribution in [0.4, 0.5) is 5.69 Å². The van der Waals surface area contributed by atoms with Crippen molar-refractivity contribution in [2.45, 2.75) is 6.92 Å². The highest BCUT2D eigenvalue weighted by Gasteiger charge is 2.15. The lowest BCUT2D eigenvalue weighted by atomic mass is 10.1. The molecule has 0 saturated carbocycles. The highest BCUT2D eigenvalue weighted by molar-refractivity contribution is 6.04. The van der Waals surface area contributed by atoms with Crippen molar-refractivity contribution in [1.29, 1.82) is 0 Å². The molecule has 1 N–H and O–H groups in total. The smallest absolute Gasteiger partial charge is 0.255 e. The Morgan fingerprint density at radius 2 is 1.48 bits per heavy atom. The fourth-order valence-electron chi connectivity index (χ4n) is 2.74. The van der Waals surface area contributed by atoms with Crippen LogP contribution in [0.25, 0.3) is 0 Å². The van der Waals surface area contributed by atoms with Crippen LogP contribution in [0.2, 0.25) is 0 Å². The minimum Gasteiger partial charge on any atom is -0.486 e. The van der Waals surface area contributed by atoms with Gasteiger partial charge in [0.05, 0.1) is 0 Å². The first-order chi connectivity index (χ1) is 13.2. The number of benzene rings is 3. The quantitative estimate of drug-likeness (QED) is 0.724. The van der Waals surface area contributed by atoms with E-state index in [9.17, 15) is 4.79 Å². The van der Waals surface area contributed by atoms with E-state index in [1.54, 1.807) is 30.3 Å². The van der Waals surface area contributed by atoms with Gasteiger partial charge >= 0.3 is 0 Å². The third-order valence-electron chi connectivity index (χ3n) is 4.17. The van der Waals surface area contributed by atoms with Gasteiger partial charge in [0.25, 0.3) is 5.91 Å². The summed E-state index contributed by atoms with van der Waals surface area (Å²) in [5, 5.41) is 2.87. The number of fused-ring (bicyclic) bond motifs is 1. The van der Waals surface area contributed by atoms with Gasteiger partial charge in [0.15, 0.2) is 11.5 Å². The lowest BCUT2D eigenvalue weighted by molar-refractivity contribution is 0.102. The third kappa shape index (κ3) is 4.03. The minimum atomic E-state index is -0.209. The molecule has 5 nitrogen and oxygen atoms in total. The number of carbonyl (C=O) groups is 1. The lowest BCUT2D eigenvalue weighted by Crippen LogP contribution is -2.17. The second-order valence-corrected chi connectivity index (χ2v) is 6.25. The van der Waals surface area contributed by atoms with Crippen LogP contribution in [0.15, 0.2) is 66.7 Å². The molecule has 136 valence electrons. The van der Waals surface area contributed by atoms with Gasteiger partial charge in [-0.25, -0.2) is 0 Å². The van der Waals surface area contributed by atoms with Crippen molar-refractivity contribution >= 4 is 11.6 Å². The van der Waals surface area contributed by atoms with E-state index in [4.69, 9.17) is 14.2 Å². The summed E-state index contributed by atoms with van der Waals surface area (Å²) in [7, 11) is 0. The first-order valence-corrected chi connectivity index (χ1v) is 8.73. The average Bonchev–Trinajstić information content (AvgIpc) is 2.71. The maximum atomic E-state index is 12.5. The number of aryl methyl sites for hydroxylation is 1. The number of nitrogens with one attached hydrogen (secondary N) is 1. The van der Waals surface area contributed by atoms with E-state index in [0.29, 0.717) is 41.7 Å². The zero-order valence-corrected chi connectivity index (χ0v) is 14.9. The van der Waals surface area contributed by atoms with Crippen LogP contribution in [0, 0.1) is 6.92 Å². The zero-order valence-electron chi connectivity index (χ0n) is 14.9. The normalized spacial score (nSPS) is 12.3. The molecule has 0 aliphatic carbocycles. The van der Waals surface area contributed by atoms with Crippen molar-refractivity contribution in [3.05, 3.63) is 77.9 Å². The molecule has 0 radical (unpaired) electrons. The third-order valence-corrected chi connectivity index (χ3v) is 4.17. The number of rotatable bonds is 4. The predicted octanol–water partition coefficient (Wildman–Crippen LogP) is 4.81. The fraction of sp³-hybridized carbons (Fsp3) is 0.136. The van der Waals surface area contributed by atoms with E-state index in [0.717, 1.165) is 5.75 Å². The molecular formula is C22H19NO4. The van der Waals surface area contributed by atoms with Crippen molar-refractivity contribution < 1.29 is 19.0 Å². The van der Waals surface area contributed by atoms with E-state index >= 15 is 0 Å². The highest BCUT2D eigenvalue weighted by Crippen LogP contribution is 2.31. The van der Waals surface area contributed by atoms with Crippen LogP contribution in [-0.2, 0) is 0 Å². The van der Waals surface area contributed by atoms with Gasteiger partial charge in [-0.15, -0.1) is 0 Å². The molecule has 0 bridgehead atoms. The summed E-state index contributed by atoms with van der Waals surface area (Å²) in [6, 6.07) is 20.3.